The van der Waals surface area contributed by atoms with Gasteiger partial charge < -0.3 is 10.4 Å². The van der Waals surface area contributed by atoms with Crippen LogP contribution >= 0.6 is 0 Å². The molecule has 1 aliphatic carbocycles. The Bertz CT molecular complexity index is 532. The number of hydrogen-bond donors (Lipinski definition) is 2. The number of nitro benzene ring substituents is 1. The summed E-state index contributed by atoms with van der Waals surface area (Å²) < 4.78 is 0. The number of nitro groups is 1. The lowest BCUT2D eigenvalue weighted by molar-refractivity contribution is -0.385. The van der Waals surface area contributed by atoms with Crippen LogP contribution in [0.2, 0.25) is 0 Å². The zero-order valence-electron chi connectivity index (χ0n) is 11.4. The van der Waals surface area contributed by atoms with Crippen molar-refractivity contribution in [2.45, 2.75) is 32.6 Å². The van der Waals surface area contributed by atoms with E-state index in [1.165, 1.54) is 31.4 Å². The quantitative estimate of drug-likeness (QED) is 0.615. The molecule has 2 N–H and O–H groups in total. The summed E-state index contributed by atoms with van der Waals surface area (Å²) in [6.45, 7) is 2.93. The van der Waals surface area contributed by atoms with E-state index in [-0.39, 0.29) is 11.3 Å². The molecule has 1 saturated carbocycles. The summed E-state index contributed by atoms with van der Waals surface area (Å²) in [4.78, 5) is 21.2. The Morgan fingerprint density at radius 1 is 1.50 bits per heavy atom. The van der Waals surface area contributed by atoms with Crippen LogP contribution in [0.1, 0.15) is 43.0 Å². The molecule has 0 radical (unpaired) electrons. The first-order valence-electron chi connectivity index (χ1n) is 6.73. The van der Waals surface area contributed by atoms with Crippen molar-refractivity contribution in [3.05, 3.63) is 33.9 Å². The van der Waals surface area contributed by atoms with Crippen molar-refractivity contribution >= 4 is 17.3 Å². The fourth-order valence-corrected chi connectivity index (χ4v) is 2.60. The third-order valence-corrected chi connectivity index (χ3v) is 4.26. The molecule has 0 aliphatic heterocycles. The number of nitrogens with one attached hydrogen (secondary N) is 1. The maximum Gasteiger partial charge on any atom is 0.342 e. The highest BCUT2D eigenvalue weighted by atomic mass is 16.6. The molecule has 20 heavy (non-hydrogen) atoms. The van der Waals surface area contributed by atoms with Gasteiger partial charge in [-0.25, -0.2) is 4.79 Å². The summed E-state index contributed by atoms with van der Waals surface area (Å²) in [5.74, 6) is -1.28. The maximum atomic E-state index is 11.1. The molecule has 1 aliphatic rings. The van der Waals surface area contributed by atoms with Crippen LogP contribution in [0.4, 0.5) is 11.4 Å². The molecule has 0 bridgehead atoms. The molecule has 6 nitrogen and oxygen atoms in total. The van der Waals surface area contributed by atoms with Crippen molar-refractivity contribution in [2.24, 2.45) is 5.41 Å². The van der Waals surface area contributed by atoms with Gasteiger partial charge in [-0.15, -0.1) is 0 Å². The van der Waals surface area contributed by atoms with Gasteiger partial charge in [0, 0.05) is 18.3 Å². The number of carboxylic acid groups (broad SMARTS) is 1. The van der Waals surface area contributed by atoms with Gasteiger partial charge in [0.25, 0.3) is 5.69 Å². The summed E-state index contributed by atoms with van der Waals surface area (Å²) in [5.41, 5.74) is 0.259. The van der Waals surface area contributed by atoms with Gasteiger partial charge in [-0.2, -0.15) is 0 Å². The van der Waals surface area contributed by atoms with Crippen LogP contribution in [0.25, 0.3) is 0 Å². The molecular weight excluding hydrogens is 260 g/mol. The monoisotopic (exact) mass is 278 g/mol. The Hall–Kier alpha value is -2.11. The van der Waals surface area contributed by atoms with Crippen molar-refractivity contribution < 1.29 is 14.8 Å². The van der Waals surface area contributed by atoms with Crippen molar-refractivity contribution in [3.63, 3.8) is 0 Å². The number of nitrogens with zero attached hydrogens (tertiary/aromatic N) is 1. The summed E-state index contributed by atoms with van der Waals surface area (Å²) in [6.07, 6.45) is 4.67. The number of aromatic carboxylic acids is 1. The van der Waals surface area contributed by atoms with Crippen molar-refractivity contribution in [1.82, 2.24) is 0 Å². The minimum absolute atomic E-state index is 0.279. The average molecular weight is 278 g/mol. The Morgan fingerprint density at radius 3 is 2.65 bits per heavy atom. The highest BCUT2D eigenvalue weighted by Gasteiger charge is 2.34. The molecule has 0 aromatic heterocycles. The zero-order valence-corrected chi connectivity index (χ0v) is 11.4. The minimum atomic E-state index is -1.28. The van der Waals surface area contributed by atoms with E-state index in [2.05, 4.69) is 12.2 Å². The molecule has 1 aromatic carbocycles. The third-order valence-electron chi connectivity index (χ3n) is 4.26. The molecule has 0 heterocycles. The van der Waals surface area contributed by atoms with E-state index in [9.17, 15) is 14.9 Å². The summed E-state index contributed by atoms with van der Waals surface area (Å²) in [5, 5.41) is 23.0. The number of hydrogen-bond acceptors (Lipinski definition) is 4. The van der Waals surface area contributed by atoms with Gasteiger partial charge in [0.1, 0.15) is 5.56 Å². The normalized spacial score (nSPS) is 16.2. The smallest absolute Gasteiger partial charge is 0.342 e. The van der Waals surface area contributed by atoms with Crippen LogP contribution in [-0.2, 0) is 0 Å². The molecule has 2 rings (SSSR count). The first-order valence-corrected chi connectivity index (χ1v) is 6.73. The van der Waals surface area contributed by atoms with Crippen molar-refractivity contribution in [3.8, 4) is 0 Å². The Balaban J connectivity index is 2.15. The molecule has 0 saturated heterocycles. The van der Waals surface area contributed by atoms with E-state index < -0.39 is 10.9 Å². The van der Waals surface area contributed by atoms with E-state index in [1.54, 1.807) is 6.07 Å². The predicted octanol–water partition coefficient (Wildman–Crippen LogP) is 3.29. The molecule has 0 amide bonds. The molecule has 6 heteroatoms. The van der Waals surface area contributed by atoms with Crippen LogP contribution in [0.5, 0.6) is 0 Å². The van der Waals surface area contributed by atoms with Crippen LogP contribution in [0, 0.1) is 15.5 Å². The Kier molecular flexibility index (Phi) is 3.92. The SMILES string of the molecule is CCC1(CNc2ccc([N+](=O)[O-])c(C(=O)O)c2)CCC1. The lowest BCUT2D eigenvalue weighted by Crippen LogP contribution is -2.35. The first-order chi connectivity index (χ1) is 9.47. The second-order valence-corrected chi connectivity index (χ2v) is 5.35. The largest absolute Gasteiger partial charge is 0.477 e. The third kappa shape index (κ3) is 2.74. The van der Waals surface area contributed by atoms with Gasteiger partial charge in [-0.05, 0) is 36.8 Å². The van der Waals surface area contributed by atoms with Crippen LogP contribution in [0.15, 0.2) is 18.2 Å². The number of anilines is 1. The van der Waals surface area contributed by atoms with E-state index in [1.807, 2.05) is 0 Å². The molecule has 1 fully saturated rings. The van der Waals surface area contributed by atoms with Gasteiger partial charge in [-0.3, -0.25) is 10.1 Å². The van der Waals surface area contributed by atoms with E-state index in [0.29, 0.717) is 11.1 Å². The predicted molar refractivity (Wildman–Crippen MR) is 75.1 cm³/mol. The van der Waals surface area contributed by atoms with E-state index in [4.69, 9.17) is 5.11 Å². The maximum absolute atomic E-state index is 11.1. The standard InChI is InChI=1S/C14H18N2O4/c1-2-14(6-3-7-14)9-15-10-4-5-12(16(19)20)11(8-10)13(17)18/h4-5,8,15H,2-3,6-7,9H2,1H3,(H,17,18). The zero-order chi connectivity index (χ0) is 14.8. The van der Waals surface area contributed by atoms with E-state index in [0.717, 1.165) is 13.0 Å². The highest BCUT2D eigenvalue weighted by molar-refractivity contribution is 5.93. The van der Waals surface area contributed by atoms with Gasteiger partial charge in [0.15, 0.2) is 0 Å². The summed E-state index contributed by atoms with van der Waals surface area (Å²) in [6, 6.07) is 4.14. The number of carbonyl (C=O) groups is 1. The Morgan fingerprint density at radius 2 is 2.20 bits per heavy atom. The summed E-state index contributed by atoms with van der Waals surface area (Å²) >= 11 is 0. The Labute approximate surface area is 117 Å². The van der Waals surface area contributed by atoms with Crippen molar-refractivity contribution in [1.29, 1.82) is 0 Å². The molecule has 108 valence electrons. The first kappa shape index (κ1) is 14.3. The van der Waals surface area contributed by atoms with E-state index >= 15 is 0 Å². The highest BCUT2D eigenvalue weighted by Crippen LogP contribution is 2.43. The fourth-order valence-electron chi connectivity index (χ4n) is 2.60. The second kappa shape index (κ2) is 5.48. The number of benzene rings is 1. The van der Waals surface area contributed by atoms with Gasteiger partial charge >= 0.3 is 5.97 Å². The van der Waals surface area contributed by atoms with Crippen LogP contribution in [-0.4, -0.2) is 22.5 Å². The topological polar surface area (TPSA) is 92.5 Å². The molecule has 0 atom stereocenters. The van der Waals surface area contributed by atoms with Crippen molar-refractivity contribution in [2.75, 3.05) is 11.9 Å². The average Bonchev–Trinajstić information content (AvgIpc) is 2.37. The molecule has 0 spiro atoms. The summed E-state index contributed by atoms with van der Waals surface area (Å²) in [7, 11) is 0. The minimum Gasteiger partial charge on any atom is -0.477 e. The number of rotatable bonds is 6. The van der Waals surface area contributed by atoms with Gasteiger partial charge in [0.05, 0.1) is 4.92 Å². The van der Waals surface area contributed by atoms with Gasteiger partial charge in [0.2, 0.25) is 0 Å². The lowest BCUT2D eigenvalue weighted by atomic mass is 9.67. The fraction of sp³-hybridized carbons (Fsp3) is 0.500. The van der Waals surface area contributed by atoms with Crippen LogP contribution in [0.3, 0.4) is 0 Å². The lowest BCUT2D eigenvalue weighted by Gasteiger charge is -2.41. The molecular formula is C14H18N2O4. The molecule has 0 unspecified atom stereocenters. The molecule has 1 aromatic rings. The van der Waals surface area contributed by atoms with Crippen LogP contribution < -0.4 is 5.32 Å². The number of carboxylic acids is 1. The second-order valence-electron chi connectivity index (χ2n) is 5.35. The van der Waals surface area contributed by atoms with Gasteiger partial charge in [-0.1, -0.05) is 13.3 Å².